The van der Waals surface area contributed by atoms with Crippen LogP contribution in [0.5, 0.6) is 5.75 Å². The van der Waals surface area contributed by atoms with E-state index in [1.54, 1.807) is 55.6 Å². The Labute approximate surface area is 159 Å². The minimum absolute atomic E-state index is 0.0705. The van der Waals surface area contributed by atoms with Crippen LogP contribution in [-0.4, -0.2) is 25.0 Å². The highest BCUT2D eigenvalue weighted by Crippen LogP contribution is 2.26. The lowest BCUT2D eigenvalue weighted by Gasteiger charge is -2.26. The number of para-hydroxylation sites is 1. The average Bonchev–Trinajstić information content (AvgIpc) is 2.68. The fraction of sp³-hybridized carbons (Fsp3) is 0.333. The van der Waals surface area contributed by atoms with E-state index in [2.05, 4.69) is 10.6 Å². The second kappa shape index (κ2) is 8.68. The molecule has 0 aliphatic heterocycles. The van der Waals surface area contributed by atoms with Gasteiger partial charge in [-0.25, -0.2) is 0 Å². The van der Waals surface area contributed by atoms with Crippen molar-refractivity contribution in [2.75, 3.05) is 17.7 Å². The molecule has 1 aliphatic rings. The lowest BCUT2D eigenvalue weighted by Crippen LogP contribution is -2.34. The lowest BCUT2D eigenvalue weighted by molar-refractivity contribution is -0.120. The van der Waals surface area contributed by atoms with Gasteiger partial charge in [-0.1, -0.05) is 24.6 Å². The van der Waals surface area contributed by atoms with Gasteiger partial charge in [-0.15, -0.1) is 0 Å². The molecule has 6 heteroatoms. The number of methoxy groups -OCH3 is 1. The van der Waals surface area contributed by atoms with Gasteiger partial charge in [0.25, 0.3) is 5.91 Å². The SMILES string of the molecule is COc1cccc(NC(=O)c2ccccc2NC(=O)C2CCCC(N)C2)c1. The van der Waals surface area contributed by atoms with E-state index in [1.165, 1.54) is 0 Å². The lowest BCUT2D eigenvalue weighted by atomic mass is 9.85. The Morgan fingerprint density at radius 1 is 1.07 bits per heavy atom. The summed E-state index contributed by atoms with van der Waals surface area (Å²) in [6.07, 6.45) is 3.43. The van der Waals surface area contributed by atoms with Crippen molar-refractivity contribution in [3.8, 4) is 5.75 Å². The largest absolute Gasteiger partial charge is 0.497 e. The summed E-state index contributed by atoms with van der Waals surface area (Å²) < 4.78 is 5.18. The van der Waals surface area contributed by atoms with Gasteiger partial charge in [0.15, 0.2) is 0 Å². The van der Waals surface area contributed by atoms with Crippen LogP contribution >= 0.6 is 0 Å². The van der Waals surface area contributed by atoms with Gasteiger partial charge in [-0.2, -0.15) is 0 Å². The van der Waals surface area contributed by atoms with Gasteiger partial charge >= 0.3 is 0 Å². The third-order valence-electron chi connectivity index (χ3n) is 4.84. The van der Waals surface area contributed by atoms with Gasteiger partial charge in [-0.05, 0) is 43.5 Å². The first kappa shape index (κ1) is 18.9. The van der Waals surface area contributed by atoms with Gasteiger partial charge in [0.05, 0.1) is 18.4 Å². The van der Waals surface area contributed by atoms with Crippen molar-refractivity contribution in [2.45, 2.75) is 31.7 Å². The zero-order chi connectivity index (χ0) is 19.2. The molecule has 2 aromatic carbocycles. The maximum atomic E-state index is 12.7. The van der Waals surface area contributed by atoms with E-state index in [4.69, 9.17) is 10.5 Å². The Kier molecular flexibility index (Phi) is 6.08. The first-order valence-electron chi connectivity index (χ1n) is 9.17. The van der Waals surface area contributed by atoms with Crippen LogP contribution in [0.3, 0.4) is 0 Å². The molecule has 0 saturated heterocycles. The Bertz CT molecular complexity index is 822. The average molecular weight is 367 g/mol. The third kappa shape index (κ3) is 4.86. The summed E-state index contributed by atoms with van der Waals surface area (Å²) in [5, 5.41) is 5.75. The van der Waals surface area contributed by atoms with Crippen molar-refractivity contribution < 1.29 is 14.3 Å². The number of amides is 2. The third-order valence-corrected chi connectivity index (χ3v) is 4.84. The molecule has 0 radical (unpaired) electrons. The second-order valence-corrected chi connectivity index (χ2v) is 6.84. The predicted octanol–water partition coefficient (Wildman–Crippen LogP) is 3.40. The van der Waals surface area contributed by atoms with Crippen molar-refractivity contribution in [2.24, 2.45) is 11.7 Å². The molecule has 1 aliphatic carbocycles. The molecule has 6 nitrogen and oxygen atoms in total. The molecule has 0 spiro atoms. The van der Waals surface area contributed by atoms with Gasteiger partial charge in [0, 0.05) is 23.7 Å². The zero-order valence-electron chi connectivity index (χ0n) is 15.4. The summed E-state index contributed by atoms with van der Waals surface area (Å²) in [4.78, 5) is 25.3. The van der Waals surface area contributed by atoms with Crippen LogP contribution in [0.4, 0.5) is 11.4 Å². The Morgan fingerprint density at radius 2 is 1.89 bits per heavy atom. The van der Waals surface area contributed by atoms with Crippen LogP contribution in [0.15, 0.2) is 48.5 Å². The molecule has 1 fully saturated rings. The first-order valence-corrected chi connectivity index (χ1v) is 9.17. The number of carbonyl (C=O) groups excluding carboxylic acids is 2. The summed E-state index contributed by atoms with van der Waals surface area (Å²) in [5.74, 6) is 0.178. The number of rotatable bonds is 5. The number of nitrogens with two attached hydrogens (primary N) is 1. The fourth-order valence-corrected chi connectivity index (χ4v) is 3.39. The van der Waals surface area contributed by atoms with Crippen LogP contribution in [-0.2, 0) is 4.79 Å². The van der Waals surface area contributed by atoms with Crippen molar-refractivity contribution >= 4 is 23.2 Å². The van der Waals surface area contributed by atoms with Gasteiger partial charge in [0.2, 0.25) is 5.91 Å². The van der Waals surface area contributed by atoms with Crippen LogP contribution in [0, 0.1) is 5.92 Å². The standard InChI is InChI=1S/C21H25N3O3/c1-27-17-9-5-8-16(13-17)23-21(26)18-10-2-3-11-19(18)24-20(25)14-6-4-7-15(22)12-14/h2-3,5,8-11,13-15H,4,6-7,12,22H2,1H3,(H,23,26)(H,24,25). The maximum absolute atomic E-state index is 12.7. The van der Waals surface area contributed by atoms with Gasteiger partial charge in [-0.3, -0.25) is 9.59 Å². The molecular formula is C21H25N3O3. The smallest absolute Gasteiger partial charge is 0.257 e. The number of ether oxygens (including phenoxy) is 1. The molecule has 1 saturated carbocycles. The Hall–Kier alpha value is -2.86. The summed E-state index contributed by atoms with van der Waals surface area (Å²) in [6.45, 7) is 0. The quantitative estimate of drug-likeness (QED) is 0.755. The zero-order valence-corrected chi connectivity index (χ0v) is 15.4. The monoisotopic (exact) mass is 367 g/mol. The fourth-order valence-electron chi connectivity index (χ4n) is 3.39. The van der Waals surface area contributed by atoms with Crippen LogP contribution in [0.2, 0.25) is 0 Å². The summed E-state index contributed by atoms with van der Waals surface area (Å²) in [5.41, 5.74) is 7.53. The maximum Gasteiger partial charge on any atom is 0.257 e. The number of carbonyl (C=O) groups is 2. The molecular weight excluding hydrogens is 342 g/mol. The Morgan fingerprint density at radius 3 is 2.67 bits per heavy atom. The van der Waals surface area contributed by atoms with E-state index in [-0.39, 0.29) is 23.8 Å². The topological polar surface area (TPSA) is 93.5 Å². The molecule has 2 atom stereocenters. The number of anilines is 2. The van der Waals surface area contributed by atoms with E-state index in [0.29, 0.717) is 29.1 Å². The number of nitrogens with one attached hydrogen (secondary N) is 2. The number of hydrogen-bond acceptors (Lipinski definition) is 4. The molecule has 3 rings (SSSR count). The summed E-state index contributed by atoms with van der Waals surface area (Å²) in [7, 11) is 1.57. The van der Waals surface area contributed by atoms with Crippen LogP contribution < -0.4 is 21.1 Å². The highest BCUT2D eigenvalue weighted by Gasteiger charge is 2.26. The highest BCUT2D eigenvalue weighted by atomic mass is 16.5. The van der Waals surface area contributed by atoms with E-state index in [1.807, 2.05) is 0 Å². The molecule has 0 aromatic heterocycles. The molecule has 2 aromatic rings. The minimum atomic E-state index is -0.292. The normalized spacial score (nSPS) is 19.2. The highest BCUT2D eigenvalue weighted by molar-refractivity contribution is 6.10. The van der Waals surface area contributed by atoms with Crippen molar-refractivity contribution in [3.63, 3.8) is 0 Å². The molecule has 0 bridgehead atoms. The summed E-state index contributed by atoms with van der Waals surface area (Å²) >= 11 is 0. The molecule has 2 amide bonds. The van der Waals surface area contributed by atoms with Crippen molar-refractivity contribution in [3.05, 3.63) is 54.1 Å². The van der Waals surface area contributed by atoms with Gasteiger partial charge < -0.3 is 21.1 Å². The van der Waals surface area contributed by atoms with Crippen molar-refractivity contribution in [1.29, 1.82) is 0 Å². The first-order chi connectivity index (χ1) is 13.1. The number of hydrogen-bond donors (Lipinski definition) is 3. The second-order valence-electron chi connectivity index (χ2n) is 6.84. The van der Waals surface area contributed by atoms with Gasteiger partial charge in [0.1, 0.15) is 5.75 Å². The molecule has 142 valence electrons. The molecule has 4 N–H and O–H groups in total. The van der Waals surface area contributed by atoms with Crippen molar-refractivity contribution in [1.82, 2.24) is 0 Å². The van der Waals surface area contributed by atoms with E-state index >= 15 is 0 Å². The molecule has 27 heavy (non-hydrogen) atoms. The van der Waals surface area contributed by atoms with E-state index in [9.17, 15) is 9.59 Å². The predicted molar refractivity (Wildman–Crippen MR) is 106 cm³/mol. The van der Waals surface area contributed by atoms with Crippen LogP contribution in [0.1, 0.15) is 36.0 Å². The Balaban J connectivity index is 1.73. The molecule has 2 unspecified atom stereocenters. The molecule has 0 heterocycles. The minimum Gasteiger partial charge on any atom is -0.497 e. The van der Waals surface area contributed by atoms with E-state index < -0.39 is 0 Å². The summed E-state index contributed by atoms with van der Waals surface area (Å²) in [6, 6.07) is 14.2. The van der Waals surface area contributed by atoms with E-state index in [0.717, 1.165) is 19.3 Å². The van der Waals surface area contributed by atoms with Crippen LogP contribution in [0.25, 0.3) is 0 Å². The number of benzene rings is 2.